The lowest BCUT2D eigenvalue weighted by atomic mass is 10.0. The standard InChI is InChI=1S/C22H37NO/c1-18(2)10-6-11-19(3)12-7-13-20(4)14-8-15-21(5)16-9-17-22(23)24/h10,12,14,16H,6-9,11,13,15,17H2,1-5H3,(H2,23,24)/b19-12+,20-14+,21-16+. The van der Waals surface area contributed by atoms with E-state index in [2.05, 4.69) is 58.9 Å². The van der Waals surface area contributed by atoms with Gasteiger partial charge in [-0.3, -0.25) is 4.79 Å². The molecule has 0 heterocycles. The highest BCUT2D eigenvalue weighted by Gasteiger charge is 1.95. The largest absolute Gasteiger partial charge is 0.370 e. The lowest BCUT2D eigenvalue weighted by Crippen LogP contribution is -2.08. The van der Waals surface area contributed by atoms with Crippen molar-refractivity contribution in [1.82, 2.24) is 0 Å². The van der Waals surface area contributed by atoms with Gasteiger partial charge in [0.1, 0.15) is 0 Å². The Bertz CT molecular complexity index is 488. The van der Waals surface area contributed by atoms with E-state index in [4.69, 9.17) is 5.73 Å². The number of carbonyl (C=O) groups excluding carboxylic acids is 1. The fraction of sp³-hybridized carbons (Fsp3) is 0.591. The molecule has 1 amide bonds. The first-order valence-corrected chi connectivity index (χ1v) is 9.19. The van der Waals surface area contributed by atoms with Gasteiger partial charge in [0.15, 0.2) is 0 Å². The van der Waals surface area contributed by atoms with Gasteiger partial charge in [-0.05, 0) is 79.6 Å². The molecule has 0 aliphatic rings. The third-order valence-corrected chi connectivity index (χ3v) is 4.04. The zero-order valence-electron chi connectivity index (χ0n) is 16.5. The second-order valence-corrected chi connectivity index (χ2v) is 7.05. The lowest BCUT2D eigenvalue weighted by molar-refractivity contribution is -0.117. The van der Waals surface area contributed by atoms with E-state index in [1.807, 2.05) is 0 Å². The van der Waals surface area contributed by atoms with Crippen LogP contribution in [0.5, 0.6) is 0 Å². The Morgan fingerprint density at radius 1 is 0.625 bits per heavy atom. The Morgan fingerprint density at radius 2 is 0.958 bits per heavy atom. The summed E-state index contributed by atoms with van der Waals surface area (Å²) in [6.07, 6.45) is 17.1. The van der Waals surface area contributed by atoms with Crippen LogP contribution >= 0.6 is 0 Å². The van der Waals surface area contributed by atoms with Crippen molar-refractivity contribution in [3.05, 3.63) is 46.6 Å². The third-order valence-electron chi connectivity index (χ3n) is 4.04. The summed E-state index contributed by atoms with van der Waals surface area (Å²) in [6, 6.07) is 0. The number of allylic oxidation sites excluding steroid dienone is 8. The first kappa shape index (κ1) is 22.4. The van der Waals surface area contributed by atoms with Gasteiger partial charge in [-0.1, -0.05) is 46.6 Å². The van der Waals surface area contributed by atoms with Crippen LogP contribution in [0, 0.1) is 0 Å². The van der Waals surface area contributed by atoms with Crippen LogP contribution < -0.4 is 5.73 Å². The number of hydrogen-bond acceptors (Lipinski definition) is 1. The minimum absolute atomic E-state index is 0.223. The summed E-state index contributed by atoms with van der Waals surface area (Å²) in [5.41, 5.74) is 10.8. The van der Waals surface area contributed by atoms with E-state index >= 15 is 0 Å². The molecule has 136 valence electrons. The highest BCUT2D eigenvalue weighted by atomic mass is 16.1. The van der Waals surface area contributed by atoms with Gasteiger partial charge in [-0.25, -0.2) is 0 Å². The van der Waals surface area contributed by atoms with Gasteiger partial charge < -0.3 is 5.73 Å². The van der Waals surface area contributed by atoms with Gasteiger partial charge >= 0.3 is 0 Å². The predicted molar refractivity (Wildman–Crippen MR) is 107 cm³/mol. The van der Waals surface area contributed by atoms with Crippen molar-refractivity contribution in [1.29, 1.82) is 0 Å². The molecule has 24 heavy (non-hydrogen) atoms. The van der Waals surface area contributed by atoms with E-state index in [1.165, 1.54) is 28.7 Å². The van der Waals surface area contributed by atoms with Gasteiger partial charge in [0.05, 0.1) is 0 Å². The predicted octanol–water partition coefficient (Wildman–Crippen LogP) is 6.40. The summed E-state index contributed by atoms with van der Waals surface area (Å²) in [6.45, 7) is 10.9. The van der Waals surface area contributed by atoms with Crippen LogP contribution in [-0.4, -0.2) is 5.91 Å². The average Bonchev–Trinajstić information content (AvgIpc) is 2.46. The van der Waals surface area contributed by atoms with Gasteiger partial charge in [-0.2, -0.15) is 0 Å². The molecule has 0 spiro atoms. The van der Waals surface area contributed by atoms with Crippen molar-refractivity contribution in [2.75, 3.05) is 0 Å². The zero-order valence-corrected chi connectivity index (χ0v) is 16.5. The Hall–Kier alpha value is -1.57. The first-order valence-electron chi connectivity index (χ1n) is 9.19. The minimum Gasteiger partial charge on any atom is -0.370 e. The van der Waals surface area contributed by atoms with E-state index in [9.17, 15) is 4.79 Å². The van der Waals surface area contributed by atoms with Crippen LogP contribution in [0.3, 0.4) is 0 Å². The normalized spacial score (nSPS) is 13.1. The Kier molecular flexibility index (Phi) is 12.9. The average molecular weight is 332 g/mol. The molecule has 2 heteroatoms. The molecule has 0 saturated carbocycles. The van der Waals surface area contributed by atoms with Crippen LogP contribution in [0.1, 0.15) is 86.0 Å². The molecule has 0 radical (unpaired) electrons. The van der Waals surface area contributed by atoms with Gasteiger partial charge in [0, 0.05) is 6.42 Å². The Morgan fingerprint density at radius 3 is 1.29 bits per heavy atom. The molecule has 2 nitrogen and oxygen atoms in total. The molecular weight excluding hydrogens is 294 g/mol. The van der Waals surface area contributed by atoms with Crippen molar-refractivity contribution in [2.45, 2.75) is 86.0 Å². The number of carbonyl (C=O) groups is 1. The maximum atomic E-state index is 10.7. The molecule has 0 rings (SSSR count). The second-order valence-electron chi connectivity index (χ2n) is 7.05. The quantitative estimate of drug-likeness (QED) is 0.413. The number of rotatable bonds is 12. The smallest absolute Gasteiger partial charge is 0.217 e. The second kappa shape index (κ2) is 13.8. The Labute approximate surface area is 149 Å². The van der Waals surface area contributed by atoms with E-state index in [-0.39, 0.29) is 5.91 Å². The molecule has 0 atom stereocenters. The Balaban J connectivity index is 3.98. The SMILES string of the molecule is CC(C)=CCC/C(C)=C/CC/C(C)=C/CC/C(C)=C/CCC(N)=O. The van der Waals surface area contributed by atoms with E-state index in [0.29, 0.717) is 6.42 Å². The molecule has 0 saturated heterocycles. The zero-order chi connectivity index (χ0) is 18.4. The molecule has 0 aromatic heterocycles. The molecular formula is C22H37NO. The van der Waals surface area contributed by atoms with Crippen LogP contribution in [0.25, 0.3) is 0 Å². The summed E-state index contributed by atoms with van der Waals surface area (Å²) in [5.74, 6) is -0.223. The van der Waals surface area contributed by atoms with E-state index in [0.717, 1.165) is 38.5 Å². The molecule has 0 aliphatic carbocycles. The molecule has 0 aromatic rings. The minimum atomic E-state index is -0.223. The molecule has 0 bridgehead atoms. The molecule has 2 N–H and O–H groups in total. The van der Waals surface area contributed by atoms with Crippen LogP contribution in [0.2, 0.25) is 0 Å². The van der Waals surface area contributed by atoms with Crippen LogP contribution in [0.4, 0.5) is 0 Å². The molecule has 0 aliphatic heterocycles. The molecule has 0 fully saturated rings. The topological polar surface area (TPSA) is 43.1 Å². The fourth-order valence-electron chi connectivity index (χ4n) is 2.45. The van der Waals surface area contributed by atoms with Crippen molar-refractivity contribution in [3.8, 4) is 0 Å². The number of amides is 1. The maximum absolute atomic E-state index is 10.7. The number of nitrogens with two attached hydrogens (primary N) is 1. The van der Waals surface area contributed by atoms with E-state index < -0.39 is 0 Å². The van der Waals surface area contributed by atoms with Crippen LogP contribution in [0.15, 0.2) is 46.6 Å². The highest BCUT2D eigenvalue weighted by Crippen LogP contribution is 2.13. The monoisotopic (exact) mass is 331 g/mol. The van der Waals surface area contributed by atoms with E-state index in [1.54, 1.807) is 0 Å². The number of primary amides is 1. The van der Waals surface area contributed by atoms with Crippen molar-refractivity contribution >= 4 is 5.91 Å². The number of hydrogen-bond donors (Lipinski definition) is 1. The van der Waals surface area contributed by atoms with Crippen LogP contribution in [-0.2, 0) is 4.79 Å². The summed E-state index contributed by atoms with van der Waals surface area (Å²) in [7, 11) is 0. The molecule has 0 unspecified atom stereocenters. The van der Waals surface area contributed by atoms with Gasteiger partial charge in [-0.15, -0.1) is 0 Å². The fourth-order valence-corrected chi connectivity index (χ4v) is 2.45. The van der Waals surface area contributed by atoms with Crippen molar-refractivity contribution in [3.63, 3.8) is 0 Å². The third kappa shape index (κ3) is 15.3. The summed E-state index contributed by atoms with van der Waals surface area (Å²) >= 11 is 0. The summed E-state index contributed by atoms with van der Waals surface area (Å²) in [5, 5.41) is 0. The van der Waals surface area contributed by atoms with Crippen molar-refractivity contribution in [2.24, 2.45) is 5.73 Å². The maximum Gasteiger partial charge on any atom is 0.217 e. The highest BCUT2D eigenvalue weighted by molar-refractivity contribution is 5.73. The van der Waals surface area contributed by atoms with Crippen molar-refractivity contribution < 1.29 is 4.79 Å². The first-order chi connectivity index (χ1) is 11.3. The summed E-state index contributed by atoms with van der Waals surface area (Å²) < 4.78 is 0. The van der Waals surface area contributed by atoms with Gasteiger partial charge in [0.2, 0.25) is 5.91 Å². The summed E-state index contributed by atoms with van der Waals surface area (Å²) in [4.78, 5) is 10.7. The molecule has 0 aromatic carbocycles. The van der Waals surface area contributed by atoms with Gasteiger partial charge in [0.25, 0.3) is 0 Å². The lowest BCUT2D eigenvalue weighted by Gasteiger charge is -2.02.